The lowest BCUT2D eigenvalue weighted by molar-refractivity contribution is -0.0285. The summed E-state index contributed by atoms with van der Waals surface area (Å²) < 4.78 is 0. The van der Waals surface area contributed by atoms with Crippen molar-refractivity contribution in [2.45, 2.75) is 106 Å². The highest BCUT2D eigenvalue weighted by molar-refractivity contribution is 5.28. The molecule has 1 heteroatoms. The second kappa shape index (κ2) is 8.42. The van der Waals surface area contributed by atoms with Gasteiger partial charge in [-0.25, -0.2) is 0 Å². The third kappa shape index (κ3) is 3.56. The van der Waals surface area contributed by atoms with Crippen LogP contribution in [0.15, 0.2) is 22.8 Å². The van der Waals surface area contributed by atoms with Crippen LogP contribution in [0.4, 0.5) is 0 Å². The molecule has 0 aromatic heterocycles. The maximum Gasteiger partial charge on any atom is 0.0641 e. The van der Waals surface area contributed by atoms with Crippen molar-refractivity contribution in [1.82, 2.24) is 0 Å². The fourth-order valence-electron chi connectivity index (χ4n) is 9.00. The largest absolute Gasteiger partial charge is 0.392 e. The normalized spacial score (nSPS) is 45.0. The first-order valence-corrected chi connectivity index (χ1v) is 13.2. The predicted molar refractivity (Wildman–Crippen MR) is 128 cm³/mol. The van der Waals surface area contributed by atoms with E-state index >= 15 is 0 Å². The van der Waals surface area contributed by atoms with E-state index in [0.717, 1.165) is 41.9 Å². The van der Waals surface area contributed by atoms with Crippen LogP contribution in [0, 0.1) is 46.3 Å². The number of fused-ring (bicyclic) bond motifs is 5. The number of rotatable bonds is 5. The second-order valence-corrected chi connectivity index (χ2v) is 12.5. The highest BCUT2D eigenvalue weighted by Gasteiger charge is 2.58. The second-order valence-electron chi connectivity index (χ2n) is 12.5. The van der Waals surface area contributed by atoms with Gasteiger partial charge in [0.05, 0.1) is 6.61 Å². The molecule has 3 saturated carbocycles. The first kappa shape index (κ1) is 22.6. The molecule has 1 nitrogen and oxygen atoms in total. The Morgan fingerprint density at radius 2 is 1.77 bits per heavy atom. The van der Waals surface area contributed by atoms with Crippen LogP contribution in [0.25, 0.3) is 0 Å². The van der Waals surface area contributed by atoms with Gasteiger partial charge >= 0.3 is 0 Å². The maximum atomic E-state index is 9.44. The molecule has 0 bridgehead atoms. The summed E-state index contributed by atoms with van der Waals surface area (Å²) >= 11 is 0. The molecular formula is C29H48O. The summed E-state index contributed by atoms with van der Waals surface area (Å²) in [6.45, 7) is 14.9. The average Bonchev–Trinajstić information content (AvgIpc) is 3.08. The summed E-state index contributed by atoms with van der Waals surface area (Å²) in [5.74, 6) is 5.26. The van der Waals surface area contributed by atoms with E-state index in [4.69, 9.17) is 0 Å². The molecule has 0 saturated heterocycles. The van der Waals surface area contributed by atoms with Gasteiger partial charge in [-0.15, -0.1) is 0 Å². The van der Waals surface area contributed by atoms with Gasteiger partial charge in [0.25, 0.3) is 0 Å². The van der Waals surface area contributed by atoms with Crippen molar-refractivity contribution >= 4 is 0 Å². The Hall–Kier alpha value is -0.560. The molecule has 0 spiro atoms. The lowest BCUT2D eigenvalue weighted by Gasteiger charge is -2.58. The Kier molecular flexibility index (Phi) is 6.35. The fraction of sp³-hybridized carbons (Fsp3) is 0.862. The summed E-state index contributed by atoms with van der Waals surface area (Å²) in [5, 5.41) is 9.44. The zero-order valence-electron chi connectivity index (χ0n) is 20.8. The number of hydrogen-bond donors (Lipinski definition) is 1. The van der Waals surface area contributed by atoms with Crippen molar-refractivity contribution in [3.63, 3.8) is 0 Å². The van der Waals surface area contributed by atoms with Gasteiger partial charge < -0.3 is 5.11 Å². The molecule has 1 unspecified atom stereocenters. The zero-order chi connectivity index (χ0) is 21.7. The van der Waals surface area contributed by atoms with Crippen molar-refractivity contribution < 1.29 is 5.11 Å². The molecule has 0 heterocycles. The van der Waals surface area contributed by atoms with Gasteiger partial charge in [0.2, 0.25) is 0 Å². The van der Waals surface area contributed by atoms with Crippen molar-refractivity contribution in [3.05, 3.63) is 22.8 Å². The van der Waals surface area contributed by atoms with Gasteiger partial charge in [-0.05, 0) is 117 Å². The SMILES string of the molecule is CC(CO)=C(C)CC[C@@H](C)[C@H]1CC[C@H]2C3=CCC4[C@H](C)CCC[C@]4(C)[C@H]3CC[C@]12C. The number of hydrogen-bond acceptors (Lipinski definition) is 1. The lowest BCUT2D eigenvalue weighted by atomic mass is 9.46. The number of allylic oxidation sites excluding steroid dienone is 3. The third-order valence-electron chi connectivity index (χ3n) is 11.1. The molecule has 0 amide bonds. The molecule has 3 fully saturated rings. The smallest absolute Gasteiger partial charge is 0.0641 e. The highest BCUT2D eigenvalue weighted by Crippen LogP contribution is 2.67. The van der Waals surface area contributed by atoms with Gasteiger partial charge in [0.1, 0.15) is 0 Å². The molecule has 4 aliphatic rings. The van der Waals surface area contributed by atoms with E-state index in [-0.39, 0.29) is 6.61 Å². The molecule has 170 valence electrons. The maximum absolute atomic E-state index is 9.44. The van der Waals surface area contributed by atoms with Crippen molar-refractivity contribution in [2.24, 2.45) is 46.3 Å². The Bertz CT molecular complexity index is 701. The van der Waals surface area contributed by atoms with Crippen LogP contribution < -0.4 is 0 Å². The van der Waals surface area contributed by atoms with Crippen LogP contribution in [-0.4, -0.2) is 11.7 Å². The van der Waals surface area contributed by atoms with Crippen LogP contribution >= 0.6 is 0 Å². The first-order valence-electron chi connectivity index (χ1n) is 13.2. The van der Waals surface area contributed by atoms with Crippen molar-refractivity contribution in [2.75, 3.05) is 6.61 Å². The number of aliphatic hydroxyl groups is 1. The van der Waals surface area contributed by atoms with E-state index in [1.807, 2.05) is 5.57 Å². The molecule has 0 aliphatic heterocycles. The van der Waals surface area contributed by atoms with Gasteiger partial charge in [-0.2, -0.15) is 0 Å². The molecule has 1 N–H and O–H groups in total. The van der Waals surface area contributed by atoms with E-state index in [2.05, 4.69) is 47.6 Å². The van der Waals surface area contributed by atoms with Gasteiger partial charge in [-0.3, -0.25) is 0 Å². The quantitative estimate of drug-likeness (QED) is 0.454. The lowest BCUT2D eigenvalue weighted by Crippen LogP contribution is -2.50. The molecule has 4 rings (SSSR count). The molecule has 8 atom stereocenters. The van der Waals surface area contributed by atoms with Crippen LogP contribution in [0.5, 0.6) is 0 Å². The summed E-state index contributed by atoms with van der Waals surface area (Å²) in [6.07, 6.45) is 16.7. The van der Waals surface area contributed by atoms with Gasteiger partial charge in [0.15, 0.2) is 0 Å². The predicted octanol–water partition coefficient (Wildman–Crippen LogP) is 7.95. The van der Waals surface area contributed by atoms with Crippen LogP contribution in [-0.2, 0) is 0 Å². The fourth-order valence-corrected chi connectivity index (χ4v) is 9.00. The Labute approximate surface area is 186 Å². The summed E-state index contributed by atoms with van der Waals surface area (Å²) in [4.78, 5) is 0. The first-order chi connectivity index (χ1) is 14.2. The Morgan fingerprint density at radius 1 is 1.03 bits per heavy atom. The molecule has 0 aromatic carbocycles. The highest BCUT2D eigenvalue weighted by atomic mass is 16.3. The van der Waals surface area contributed by atoms with Crippen molar-refractivity contribution in [3.8, 4) is 0 Å². The van der Waals surface area contributed by atoms with E-state index < -0.39 is 0 Å². The summed E-state index contributed by atoms with van der Waals surface area (Å²) in [6, 6.07) is 0. The third-order valence-corrected chi connectivity index (χ3v) is 11.1. The minimum atomic E-state index is 0.220. The van der Waals surface area contributed by atoms with Crippen LogP contribution in [0.2, 0.25) is 0 Å². The van der Waals surface area contributed by atoms with E-state index in [1.54, 1.807) is 0 Å². The van der Waals surface area contributed by atoms with Crippen LogP contribution in [0.1, 0.15) is 106 Å². The topological polar surface area (TPSA) is 20.2 Å². The van der Waals surface area contributed by atoms with Crippen molar-refractivity contribution in [1.29, 1.82) is 0 Å². The molecule has 0 radical (unpaired) electrons. The van der Waals surface area contributed by atoms with Gasteiger partial charge in [0, 0.05) is 0 Å². The minimum Gasteiger partial charge on any atom is -0.392 e. The molecule has 30 heavy (non-hydrogen) atoms. The minimum absolute atomic E-state index is 0.220. The molecular weight excluding hydrogens is 364 g/mol. The summed E-state index contributed by atoms with van der Waals surface area (Å²) in [7, 11) is 0. The average molecular weight is 413 g/mol. The zero-order valence-corrected chi connectivity index (χ0v) is 20.8. The van der Waals surface area contributed by atoms with E-state index in [0.29, 0.717) is 10.8 Å². The Balaban J connectivity index is 1.51. The van der Waals surface area contributed by atoms with Gasteiger partial charge in [-0.1, -0.05) is 57.8 Å². The Morgan fingerprint density at radius 3 is 2.50 bits per heavy atom. The van der Waals surface area contributed by atoms with E-state index in [1.165, 1.54) is 68.9 Å². The number of aliphatic hydroxyl groups excluding tert-OH is 1. The van der Waals surface area contributed by atoms with E-state index in [9.17, 15) is 5.11 Å². The monoisotopic (exact) mass is 412 g/mol. The standard InChI is InChI=1S/C29H48O/c1-19(22(4)18-30)9-10-21(3)25-13-14-26-23-11-12-24-20(2)8-7-16-28(24,5)27(23)15-17-29(25,26)6/h11,20-21,24-27,30H,7-10,12-18H2,1-6H3/t20-,21-,24?,25-,26+,27+,28+,29-/m1/s1. The molecule has 0 aromatic rings. The molecule has 4 aliphatic carbocycles. The summed E-state index contributed by atoms with van der Waals surface area (Å²) in [5.41, 5.74) is 5.60. The van der Waals surface area contributed by atoms with Crippen LogP contribution in [0.3, 0.4) is 0 Å².